The van der Waals surface area contributed by atoms with Gasteiger partial charge < -0.3 is 14.2 Å². The molecule has 0 aromatic heterocycles. The Morgan fingerprint density at radius 2 is 1.90 bits per heavy atom. The van der Waals surface area contributed by atoms with Crippen LogP contribution < -0.4 is 19.6 Å². The first-order chi connectivity index (χ1) is 18.9. The fourth-order valence-electron chi connectivity index (χ4n) is 3.61. The molecule has 0 spiro atoms. The molecule has 0 radical (unpaired) electrons. The highest BCUT2D eigenvalue weighted by Gasteiger charge is 2.18. The smallest absolute Gasteiger partial charge is 0.277 e. The van der Waals surface area contributed by atoms with Gasteiger partial charge in [-0.05, 0) is 70.5 Å². The lowest BCUT2D eigenvalue weighted by Gasteiger charge is -2.14. The summed E-state index contributed by atoms with van der Waals surface area (Å²) in [5.74, 6) is 3.61. The van der Waals surface area contributed by atoms with Crippen molar-refractivity contribution in [2.45, 2.75) is 18.1 Å². The fourth-order valence-corrected chi connectivity index (χ4v) is 7.25. The number of amides is 1. The molecular formula is C27H26IN3O6S2. The van der Waals surface area contributed by atoms with E-state index in [2.05, 4.69) is 33.1 Å². The van der Waals surface area contributed by atoms with Crippen LogP contribution in [0.25, 0.3) is 0 Å². The third-order valence-corrected chi connectivity index (χ3v) is 9.29. The summed E-state index contributed by atoms with van der Waals surface area (Å²) in [6.07, 6.45) is 1.51. The molecule has 0 unspecified atom stereocenters. The number of nitrogens with one attached hydrogen (secondary N) is 1. The number of nitro benzene ring substituents is 1. The molecule has 1 heterocycles. The van der Waals surface area contributed by atoms with Gasteiger partial charge in [0.2, 0.25) is 0 Å². The zero-order valence-corrected chi connectivity index (χ0v) is 24.8. The molecule has 39 heavy (non-hydrogen) atoms. The normalized spacial score (nSPS) is 13.4. The number of non-ortho nitro benzene ring substituents is 1. The van der Waals surface area contributed by atoms with E-state index in [1.165, 1.54) is 35.4 Å². The Kier molecular flexibility index (Phi) is 10.7. The van der Waals surface area contributed by atoms with E-state index in [9.17, 15) is 14.9 Å². The number of rotatable bonds is 12. The molecule has 204 valence electrons. The largest absolute Gasteiger partial charge is 0.490 e. The zero-order chi connectivity index (χ0) is 27.6. The van der Waals surface area contributed by atoms with Gasteiger partial charge in [0.1, 0.15) is 12.4 Å². The molecule has 1 aliphatic heterocycles. The predicted octanol–water partition coefficient (Wildman–Crippen LogP) is 6.18. The van der Waals surface area contributed by atoms with Gasteiger partial charge in [-0.2, -0.15) is 5.10 Å². The summed E-state index contributed by atoms with van der Waals surface area (Å²) in [7, 11) is 0. The van der Waals surface area contributed by atoms with E-state index in [4.69, 9.17) is 14.2 Å². The Labute approximate surface area is 248 Å². The summed E-state index contributed by atoms with van der Waals surface area (Å²) in [6, 6.07) is 17.7. The molecule has 9 nitrogen and oxygen atoms in total. The molecular weight excluding hydrogens is 653 g/mol. The molecule has 12 heteroatoms. The number of thioether (sulfide) groups is 2. The minimum atomic E-state index is -0.440. The van der Waals surface area contributed by atoms with E-state index >= 15 is 0 Å². The number of nitro groups is 1. The number of carbonyl (C=O) groups excluding carboxylic acids is 1. The SMILES string of the molecule is CCOc1cc(/C=N\NC(=O)COc2ccc(C3SCCS3)cc2)cc(I)c1OCc1cccc([N+](=O)[O-])c1. The molecule has 4 rings (SSSR count). The Bertz CT molecular complexity index is 1330. The maximum Gasteiger partial charge on any atom is 0.277 e. The van der Waals surface area contributed by atoms with Crippen molar-refractivity contribution in [1.82, 2.24) is 5.43 Å². The number of hydrogen-bond acceptors (Lipinski definition) is 9. The Morgan fingerprint density at radius 3 is 2.62 bits per heavy atom. The minimum absolute atomic E-state index is 0.00503. The van der Waals surface area contributed by atoms with E-state index in [-0.39, 0.29) is 24.8 Å². The standard InChI is InChI=1S/C27H26IN3O6S2/c1-2-35-24-14-19(13-23(28)26(24)37-16-18-4-3-5-21(12-18)31(33)34)15-29-30-25(32)17-36-22-8-6-20(7-9-22)27-38-10-11-39-27/h3-9,12-15,27H,2,10-11,16-17H2,1H3,(H,30,32)/b29-15-. The van der Waals surface area contributed by atoms with Crippen LogP contribution in [0.4, 0.5) is 5.69 Å². The van der Waals surface area contributed by atoms with Gasteiger partial charge in [0.05, 0.1) is 25.9 Å². The van der Waals surface area contributed by atoms with Crippen LogP contribution in [0, 0.1) is 13.7 Å². The lowest BCUT2D eigenvalue weighted by molar-refractivity contribution is -0.384. The maximum absolute atomic E-state index is 12.2. The van der Waals surface area contributed by atoms with Gasteiger partial charge in [-0.15, -0.1) is 23.5 Å². The average molecular weight is 680 g/mol. The van der Waals surface area contributed by atoms with Gasteiger partial charge in [-0.25, -0.2) is 5.43 Å². The van der Waals surface area contributed by atoms with Crippen molar-refractivity contribution < 1.29 is 23.9 Å². The first-order valence-electron chi connectivity index (χ1n) is 12.0. The highest BCUT2D eigenvalue weighted by Crippen LogP contribution is 2.45. The molecule has 0 atom stereocenters. The maximum atomic E-state index is 12.2. The van der Waals surface area contributed by atoms with Crippen molar-refractivity contribution in [1.29, 1.82) is 0 Å². The lowest BCUT2D eigenvalue weighted by atomic mass is 10.2. The second kappa shape index (κ2) is 14.4. The Balaban J connectivity index is 1.31. The summed E-state index contributed by atoms with van der Waals surface area (Å²) >= 11 is 6.01. The van der Waals surface area contributed by atoms with Crippen LogP contribution >= 0.6 is 46.1 Å². The van der Waals surface area contributed by atoms with E-state index in [0.29, 0.717) is 39.6 Å². The molecule has 0 aliphatic carbocycles. The molecule has 1 fully saturated rings. The molecule has 1 saturated heterocycles. The van der Waals surface area contributed by atoms with E-state index in [0.717, 1.165) is 3.57 Å². The van der Waals surface area contributed by atoms with Crippen molar-refractivity contribution in [3.63, 3.8) is 0 Å². The van der Waals surface area contributed by atoms with Gasteiger partial charge >= 0.3 is 0 Å². The first kappa shape index (κ1) is 29.0. The van der Waals surface area contributed by atoms with Gasteiger partial charge in [-0.1, -0.05) is 24.3 Å². The molecule has 1 N–H and O–H groups in total. The third kappa shape index (κ3) is 8.51. The number of carbonyl (C=O) groups is 1. The van der Waals surface area contributed by atoms with Crippen LogP contribution in [-0.4, -0.2) is 41.8 Å². The van der Waals surface area contributed by atoms with Crippen LogP contribution in [0.1, 0.15) is 28.2 Å². The van der Waals surface area contributed by atoms with E-state index < -0.39 is 4.92 Å². The highest BCUT2D eigenvalue weighted by atomic mass is 127. The third-order valence-electron chi connectivity index (χ3n) is 5.38. The predicted molar refractivity (Wildman–Crippen MR) is 163 cm³/mol. The van der Waals surface area contributed by atoms with Crippen molar-refractivity contribution in [3.05, 3.63) is 91.0 Å². The fraction of sp³-hybridized carbons (Fsp3) is 0.259. The van der Waals surface area contributed by atoms with Crippen molar-refractivity contribution >= 4 is 63.9 Å². The van der Waals surface area contributed by atoms with Crippen LogP contribution in [0.15, 0.2) is 65.8 Å². The summed E-state index contributed by atoms with van der Waals surface area (Å²) in [6.45, 7) is 2.26. The average Bonchev–Trinajstić information content (AvgIpc) is 3.47. The highest BCUT2D eigenvalue weighted by molar-refractivity contribution is 14.1. The lowest BCUT2D eigenvalue weighted by Crippen LogP contribution is -2.24. The number of nitrogens with zero attached hydrogens (tertiary/aromatic N) is 2. The van der Waals surface area contributed by atoms with Gasteiger partial charge in [0.25, 0.3) is 11.6 Å². The molecule has 0 saturated carbocycles. The number of benzene rings is 3. The van der Waals surface area contributed by atoms with E-state index in [1.807, 2.05) is 60.8 Å². The molecule has 1 amide bonds. The first-order valence-corrected chi connectivity index (χ1v) is 15.2. The van der Waals surface area contributed by atoms with Crippen molar-refractivity contribution in [2.24, 2.45) is 5.10 Å². The number of halogens is 1. The topological polar surface area (TPSA) is 112 Å². The van der Waals surface area contributed by atoms with Crippen LogP contribution in [0.3, 0.4) is 0 Å². The Morgan fingerprint density at radius 1 is 1.13 bits per heavy atom. The molecule has 3 aromatic rings. The summed E-state index contributed by atoms with van der Waals surface area (Å²) in [4.78, 5) is 22.8. The van der Waals surface area contributed by atoms with Crippen LogP contribution in [-0.2, 0) is 11.4 Å². The molecule has 3 aromatic carbocycles. The molecule has 0 bridgehead atoms. The summed E-state index contributed by atoms with van der Waals surface area (Å²) in [5, 5.41) is 15.1. The second-order valence-electron chi connectivity index (χ2n) is 8.20. The second-order valence-corrected chi connectivity index (χ2v) is 12.1. The van der Waals surface area contributed by atoms with Crippen molar-refractivity contribution in [2.75, 3.05) is 24.7 Å². The van der Waals surface area contributed by atoms with Crippen LogP contribution in [0.2, 0.25) is 0 Å². The van der Waals surface area contributed by atoms with Gasteiger partial charge in [-0.3, -0.25) is 14.9 Å². The van der Waals surface area contributed by atoms with Gasteiger partial charge in [0, 0.05) is 23.6 Å². The van der Waals surface area contributed by atoms with Crippen molar-refractivity contribution in [3.8, 4) is 17.2 Å². The summed E-state index contributed by atoms with van der Waals surface area (Å²) in [5.41, 5.74) is 5.10. The van der Waals surface area contributed by atoms with Crippen LogP contribution in [0.5, 0.6) is 17.2 Å². The summed E-state index contributed by atoms with van der Waals surface area (Å²) < 4.78 is 18.5. The van der Waals surface area contributed by atoms with E-state index in [1.54, 1.807) is 18.2 Å². The quantitative estimate of drug-likeness (QED) is 0.105. The zero-order valence-electron chi connectivity index (χ0n) is 21.0. The Hall–Kier alpha value is -2.97. The monoisotopic (exact) mass is 679 g/mol. The number of hydrazone groups is 1. The number of hydrogen-bond donors (Lipinski definition) is 1. The van der Waals surface area contributed by atoms with Gasteiger partial charge in [0.15, 0.2) is 18.1 Å². The number of ether oxygens (including phenoxy) is 3. The molecule has 1 aliphatic rings. The minimum Gasteiger partial charge on any atom is -0.490 e.